The van der Waals surface area contributed by atoms with Crippen molar-refractivity contribution in [2.24, 2.45) is 5.92 Å². The monoisotopic (exact) mass is 411 g/mol. The Hall–Kier alpha value is -1.86. The van der Waals surface area contributed by atoms with Crippen molar-refractivity contribution in [1.82, 2.24) is 19.7 Å². The van der Waals surface area contributed by atoms with Crippen molar-refractivity contribution >= 4 is 29.0 Å². The van der Waals surface area contributed by atoms with E-state index in [0.717, 1.165) is 46.6 Å². The quantitative estimate of drug-likeness (QED) is 0.518. The van der Waals surface area contributed by atoms with E-state index in [1.54, 1.807) is 23.1 Å². The topological polar surface area (TPSA) is 46.8 Å². The van der Waals surface area contributed by atoms with Crippen molar-refractivity contribution in [2.45, 2.75) is 49.6 Å². The third-order valence-corrected chi connectivity index (χ3v) is 7.46. The molecule has 5 nitrogen and oxygen atoms in total. The summed E-state index contributed by atoms with van der Waals surface area (Å²) in [7, 11) is 0. The van der Waals surface area contributed by atoms with Crippen LogP contribution in [0, 0.1) is 5.92 Å². The average molecular weight is 412 g/mol. The molecule has 0 N–H and O–H groups in total. The molecule has 146 valence electrons. The van der Waals surface area contributed by atoms with Gasteiger partial charge in [0.25, 0.3) is 0 Å². The number of thioether (sulfide) groups is 1. The molecule has 0 unspecified atom stereocenters. The summed E-state index contributed by atoms with van der Waals surface area (Å²) in [6, 6.07) is 11.0. The van der Waals surface area contributed by atoms with Crippen molar-refractivity contribution in [3.8, 4) is 10.6 Å². The summed E-state index contributed by atoms with van der Waals surface area (Å²) in [6.45, 7) is 4.55. The highest BCUT2D eigenvalue weighted by Gasteiger charge is 2.32. The van der Waals surface area contributed by atoms with Gasteiger partial charge in [0.2, 0.25) is 5.95 Å². The van der Waals surface area contributed by atoms with Crippen LogP contribution in [-0.4, -0.2) is 32.8 Å². The van der Waals surface area contributed by atoms with E-state index < -0.39 is 0 Å². The van der Waals surface area contributed by atoms with Crippen LogP contribution < -0.4 is 4.90 Å². The van der Waals surface area contributed by atoms with Gasteiger partial charge in [-0.15, -0.1) is 21.5 Å². The number of piperidine rings is 1. The van der Waals surface area contributed by atoms with E-state index in [9.17, 15) is 0 Å². The molecular formula is C21H25N5S2. The van der Waals surface area contributed by atoms with E-state index in [4.69, 9.17) is 4.98 Å². The SMILES string of the molecule is CC1CCN(c2nnc(SCc3csc(-c4ccccc4)n3)n2C2CC2)CC1. The van der Waals surface area contributed by atoms with Gasteiger partial charge in [0.1, 0.15) is 5.01 Å². The zero-order valence-corrected chi connectivity index (χ0v) is 17.8. The second-order valence-electron chi connectivity index (χ2n) is 7.85. The predicted octanol–water partition coefficient (Wildman–Crippen LogP) is 5.27. The summed E-state index contributed by atoms with van der Waals surface area (Å²) in [4.78, 5) is 7.26. The Morgan fingerprint density at radius 3 is 2.61 bits per heavy atom. The number of benzene rings is 1. The molecule has 0 amide bonds. The number of rotatable bonds is 6. The van der Waals surface area contributed by atoms with E-state index in [0.29, 0.717) is 6.04 Å². The summed E-state index contributed by atoms with van der Waals surface area (Å²) in [5.41, 5.74) is 2.30. The lowest BCUT2D eigenvalue weighted by atomic mass is 10.00. The number of anilines is 1. The van der Waals surface area contributed by atoms with Crippen molar-refractivity contribution in [3.05, 3.63) is 41.4 Å². The number of thiazole rings is 1. The van der Waals surface area contributed by atoms with Crippen molar-refractivity contribution in [2.75, 3.05) is 18.0 Å². The summed E-state index contributed by atoms with van der Waals surface area (Å²) >= 11 is 3.48. The Morgan fingerprint density at radius 1 is 1.07 bits per heavy atom. The minimum Gasteiger partial charge on any atom is -0.341 e. The Labute approximate surface area is 174 Å². The highest BCUT2D eigenvalue weighted by atomic mass is 32.2. The first-order valence-corrected chi connectivity index (χ1v) is 12.0. The van der Waals surface area contributed by atoms with Gasteiger partial charge in [-0.05, 0) is 31.6 Å². The molecule has 1 aliphatic carbocycles. The molecule has 1 saturated heterocycles. The van der Waals surface area contributed by atoms with Gasteiger partial charge in [-0.25, -0.2) is 4.98 Å². The number of hydrogen-bond donors (Lipinski definition) is 0. The maximum Gasteiger partial charge on any atom is 0.228 e. The minimum absolute atomic E-state index is 0.585. The van der Waals surface area contributed by atoms with E-state index in [1.807, 2.05) is 6.07 Å². The molecule has 0 bridgehead atoms. The van der Waals surface area contributed by atoms with Crippen LogP contribution in [0.4, 0.5) is 5.95 Å². The Bertz CT molecular complexity index is 923. The first kappa shape index (κ1) is 18.2. The summed E-state index contributed by atoms with van der Waals surface area (Å²) in [5.74, 6) is 2.75. The first-order chi connectivity index (χ1) is 13.8. The van der Waals surface area contributed by atoms with Gasteiger partial charge in [0.15, 0.2) is 5.16 Å². The fourth-order valence-electron chi connectivity index (χ4n) is 3.67. The third kappa shape index (κ3) is 3.82. The van der Waals surface area contributed by atoms with Gasteiger partial charge in [0.05, 0.1) is 5.69 Å². The molecule has 0 radical (unpaired) electrons. The highest BCUT2D eigenvalue weighted by Crippen LogP contribution is 2.42. The van der Waals surface area contributed by atoms with Gasteiger partial charge in [0, 0.05) is 35.8 Å². The first-order valence-electron chi connectivity index (χ1n) is 10.1. The van der Waals surface area contributed by atoms with Crippen LogP contribution in [0.15, 0.2) is 40.9 Å². The Morgan fingerprint density at radius 2 is 1.86 bits per heavy atom. The molecule has 0 atom stereocenters. The van der Waals surface area contributed by atoms with Crippen LogP contribution in [0.3, 0.4) is 0 Å². The van der Waals surface area contributed by atoms with Gasteiger partial charge >= 0.3 is 0 Å². The molecule has 7 heteroatoms. The lowest BCUT2D eigenvalue weighted by Gasteiger charge is -2.31. The minimum atomic E-state index is 0.585. The molecule has 5 rings (SSSR count). The van der Waals surface area contributed by atoms with Crippen LogP contribution in [0.25, 0.3) is 10.6 Å². The van der Waals surface area contributed by atoms with Crippen LogP contribution >= 0.6 is 23.1 Å². The van der Waals surface area contributed by atoms with Gasteiger partial charge < -0.3 is 4.90 Å². The Balaban J connectivity index is 1.30. The maximum atomic E-state index is 4.82. The average Bonchev–Trinajstić information content (AvgIpc) is 3.30. The standard InChI is InChI=1S/C21H25N5S2/c1-15-9-11-25(12-10-15)20-23-24-21(26(20)18-7-8-18)28-14-17-13-27-19(22-17)16-5-3-2-4-6-16/h2-6,13,15,18H,7-12,14H2,1H3. The molecule has 1 aliphatic heterocycles. The molecule has 2 fully saturated rings. The fourth-order valence-corrected chi connectivity index (χ4v) is 5.49. The molecule has 28 heavy (non-hydrogen) atoms. The number of hydrogen-bond acceptors (Lipinski definition) is 6. The van der Waals surface area contributed by atoms with Crippen LogP contribution in [0.5, 0.6) is 0 Å². The molecular weight excluding hydrogens is 386 g/mol. The number of nitrogens with zero attached hydrogens (tertiary/aromatic N) is 5. The van der Waals surface area contributed by atoms with Gasteiger partial charge in [-0.2, -0.15) is 0 Å². The predicted molar refractivity (Wildman–Crippen MR) is 116 cm³/mol. The molecule has 3 aromatic rings. The van der Waals surface area contributed by atoms with Crippen LogP contribution in [0.2, 0.25) is 0 Å². The number of aromatic nitrogens is 4. The van der Waals surface area contributed by atoms with Crippen LogP contribution in [0.1, 0.15) is 44.3 Å². The zero-order valence-electron chi connectivity index (χ0n) is 16.1. The smallest absolute Gasteiger partial charge is 0.228 e. The lowest BCUT2D eigenvalue weighted by Crippen LogP contribution is -2.34. The molecule has 2 aromatic heterocycles. The fraction of sp³-hybridized carbons (Fsp3) is 0.476. The molecule has 1 aromatic carbocycles. The second-order valence-corrected chi connectivity index (χ2v) is 9.65. The van der Waals surface area contributed by atoms with E-state index in [2.05, 4.69) is 56.2 Å². The molecule has 3 heterocycles. The van der Waals surface area contributed by atoms with Crippen LogP contribution in [-0.2, 0) is 5.75 Å². The van der Waals surface area contributed by atoms with Crippen molar-refractivity contribution < 1.29 is 0 Å². The van der Waals surface area contributed by atoms with E-state index >= 15 is 0 Å². The second kappa shape index (κ2) is 7.87. The van der Waals surface area contributed by atoms with E-state index in [1.165, 1.54) is 31.2 Å². The largest absolute Gasteiger partial charge is 0.341 e. The highest BCUT2D eigenvalue weighted by molar-refractivity contribution is 7.98. The normalized spacial score (nSPS) is 18.0. The molecule has 2 aliphatic rings. The third-order valence-electron chi connectivity index (χ3n) is 5.55. The van der Waals surface area contributed by atoms with Crippen molar-refractivity contribution in [3.63, 3.8) is 0 Å². The Kier molecular flexibility index (Phi) is 5.11. The lowest BCUT2D eigenvalue weighted by molar-refractivity contribution is 0.429. The summed E-state index contributed by atoms with van der Waals surface area (Å²) in [5, 5.41) is 13.5. The maximum absolute atomic E-state index is 4.82. The van der Waals surface area contributed by atoms with Gasteiger partial charge in [-0.3, -0.25) is 4.57 Å². The zero-order chi connectivity index (χ0) is 18.9. The van der Waals surface area contributed by atoms with Crippen molar-refractivity contribution in [1.29, 1.82) is 0 Å². The molecule has 1 saturated carbocycles. The van der Waals surface area contributed by atoms with E-state index in [-0.39, 0.29) is 0 Å². The molecule has 0 spiro atoms. The summed E-state index contributed by atoms with van der Waals surface area (Å²) < 4.78 is 2.39. The van der Waals surface area contributed by atoms with Gasteiger partial charge in [-0.1, -0.05) is 49.0 Å². The summed E-state index contributed by atoms with van der Waals surface area (Å²) in [6.07, 6.45) is 5.00.